The van der Waals surface area contributed by atoms with Crippen LogP contribution in [0.1, 0.15) is 22.7 Å². The molecule has 0 aliphatic carbocycles. The van der Waals surface area contributed by atoms with Crippen molar-refractivity contribution in [2.24, 2.45) is 0 Å². The van der Waals surface area contributed by atoms with Gasteiger partial charge in [-0.3, -0.25) is 0 Å². The highest BCUT2D eigenvalue weighted by atomic mass is 127. The number of nitrogens with zero attached hydrogens (tertiary/aromatic N) is 10. The number of hydrogen-bond donors (Lipinski definition) is 2. The van der Waals surface area contributed by atoms with Gasteiger partial charge in [0.2, 0.25) is 11.9 Å². The Morgan fingerprint density at radius 1 is 0.698 bits per heavy atom. The summed E-state index contributed by atoms with van der Waals surface area (Å²) >= 11 is 17.5. The van der Waals surface area contributed by atoms with Crippen LogP contribution in [0.4, 0.5) is 27.9 Å². The lowest BCUT2D eigenvalue weighted by Gasteiger charge is -2.39. The van der Waals surface area contributed by atoms with Gasteiger partial charge in [-0.25, -0.2) is 30.6 Å². The molecule has 2 aliphatic rings. The van der Waals surface area contributed by atoms with E-state index in [1.165, 1.54) is 17.7 Å². The predicted octanol–water partition coefficient (Wildman–Crippen LogP) is 7.72. The molecule has 4 aromatic heterocycles. The molecule has 6 heterocycles. The Balaban J connectivity index is 1.06. The molecule has 0 bridgehead atoms. The van der Waals surface area contributed by atoms with E-state index in [0.29, 0.717) is 53.2 Å². The first-order chi connectivity index (χ1) is 25.8. The highest BCUT2D eigenvalue weighted by Crippen LogP contribution is 2.35. The van der Waals surface area contributed by atoms with Gasteiger partial charge in [-0.2, -0.15) is 9.97 Å². The zero-order chi connectivity index (χ0) is 36.5. The summed E-state index contributed by atoms with van der Waals surface area (Å²) in [5, 5.41) is 9.40. The zero-order valence-corrected chi connectivity index (χ0v) is 34.1. The van der Waals surface area contributed by atoms with Gasteiger partial charge in [0.05, 0.1) is 29.5 Å². The molecule has 1 unspecified atom stereocenters. The van der Waals surface area contributed by atoms with Gasteiger partial charge in [-0.1, -0.05) is 59.6 Å². The first kappa shape index (κ1) is 36.5. The van der Waals surface area contributed by atoms with Crippen molar-refractivity contribution in [2.45, 2.75) is 19.1 Å². The highest BCUT2D eigenvalue weighted by molar-refractivity contribution is 14.1. The third kappa shape index (κ3) is 8.29. The van der Waals surface area contributed by atoms with E-state index in [-0.39, 0.29) is 11.9 Å². The van der Waals surface area contributed by atoms with E-state index >= 15 is 0 Å². The second-order valence-electron chi connectivity index (χ2n) is 12.8. The Morgan fingerprint density at radius 2 is 1.28 bits per heavy atom. The number of piperazine rings is 2. The summed E-state index contributed by atoms with van der Waals surface area (Å²) in [5.74, 6) is 2.36. The van der Waals surface area contributed by atoms with E-state index in [0.717, 1.165) is 72.5 Å². The normalized spacial score (nSPS) is 17.1. The number of halogens is 5. The molecule has 17 heteroatoms. The van der Waals surface area contributed by atoms with Crippen LogP contribution in [0.5, 0.6) is 0 Å². The van der Waals surface area contributed by atoms with Crippen LogP contribution in [-0.2, 0) is 13.1 Å². The molecule has 0 radical (unpaired) electrons. The summed E-state index contributed by atoms with van der Waals surface area (Å²) in [4.78, 5) is 32.9. The van der Waals surface area contributed by atoms with Crippen molar-refractivity contribution in [1.82, 2.24) is 36.1 Å². The van der Waals surface area contributed by atoms with Crippen molar-refractivity contribution in [2.75, 3.05) is 66.2 Å². The molecule has 6 aromatic rings. The van der Waals surface area contributed by atoms with E-state index < -0.39 is 0 Å². The molecule has 2 N–H and O–H groups in total. The smallest absolute Gasteiger partial charge is 0.228 e. The fourth-order valence-corrected chi connectivity index (χ4v) is 8.04. The summed E-state index contributed by atoms with van der Waals surface area (Å²) in [7, 11) is 0. The number of hydrogen-bond acceptors (Lipinski definition) is 12. The first-order valence-corrected chi connectivity index (χ1v) is 19.8. The quantitative estimate of drug-likeness (QED) is 0.0841. The number of aromatic nitrogens is 6. The second-order valence-corrected chi connectivity index (χ2v) is 16.2. The van der Waals surface area contributed by atoms with Crippen LogP contribution in [0.15, 0.2) is 73.1 Å². The molecule has 53 heavy (non-hydrogen) atoms. The summed E-state index contributed by atoms with van der Waals surface area (Å²) in [6, 6.07) is 18.5. The molecule has 8 rings (SSSR count). The molecule has 0 saturated carbocycles. The number of anilines is 4. The minimum absolute atomic E-state index is 0.0431. The van der Waals surface area contributed by atoms with Crippen molar-refractivity contribution in [3.63, 3.8) is 0 Å². The molecule has 2 aromatic carbocycles. The van der Waals surface area contributed by atoms with Crippen LogP contribution in [0.2, 0.25) is 10.3 Å². The molecule has 1 atom stereocenters. The fraction of sp³-hybridized carbons (Fsp3) is 0.278. The second kappa shape index (κ2) is 16.1. The van der Waals surface area contributed by atoms with Crippen LogP contribution in [-0.4, -0.2) is 81.9 Å². The maximum Gasteiger partial charge on any atom is 0.228 e. The third-order valence-corrected chi connectivity index (χ3v) is 11.9. The summed E-state index contributed by atoms with van der Waals surface area (Å²) in [5.41, 5.74) is 4.69. The molecule has 272 valence electrons. The first-order valence-electron chi connectivity index (χ1n) is 17.1. The Kier molecular flexibility index (Phi) is 11.1. The number of rotatable bonds is 9. The van der Waals surface area contributed by atoms with Gasteiger partial charge in [0.25, 0.3) is 0 Å². The molecular weight excluding hydrogens is 944 g/mol. The Morgan fingerprint density at radius 3 is 1.94 bits per heavy atom. The van der Waals surface area contributed by atoms with Crippen molar-refractivity contribution in [1.29, 1.82) is 0 Å². The maximum atomic E-state index is 13.6. The number of pyridine rings is 2. The lowest BCUT2D eigenvalue weighted by molar-refractivity contribution is 0.346. The van der Waals surface area contributed by atoms with Gasteiger partial charge in [0.1, 0.15) is 27.8 Å². The lowest BCUT2D eigenvalue weighted by atomic mass is 9.98. The van der Waals surface area contributed by atoms with Crippen molar-refractivity contribution >= 4 is 114 Å². The largest absolute Gasteiger partial charge is 0.365 e. The minimum Gasteiger partial charge on any atom is -0.365 e. The number of nitrogens with one attached hydrogen (secondary N) is 2. The van der Waals surface area contributed by atoms with Gasteiger partial charge < -0.3 is 20.4 Å². The van der Waals surface area contributed by atoms with E-state index in [1.807, 2.05) is 6.07 Å². The summed E-state index contributed by atoms with van der Waals surface area (Å²) < 4.78 is 18.2. The third-order valence-electron chi connectivity index (χ3n) is 9.41. The molecule has 0 amide bonds. The monoisotopic (exact) mass is 976 g/mol. The molecule has 2 fully saturated rings. The number of benzene rings is 2. The van der Waals surface area contributed by atoms with Crippen LogP contribution in [0, 0.1) is 5.82 Å². The van der Waals surface area contributed by atoms with Crippen LogP contribution >= 0.6 is 68.9 Å². The maximum absolute atomic E-state index is 13.6. The molecule has 12 nitrogen and oxygen atoms in total. The van der Waals surface area contributed by atoms with Crippen molar-refractivity contribution in [3.05, 3.63) is 106 Å². The van der Waals surface area contributed by atoms with E-state index in [9.17, 15) is 4.39 Å². The van der Waals surface area contributed by atoms with Crippen LogP contribution < -0.4 is 20.4 Å². The van der Waals surface area contributed by atoms with Gasteiger partial charge in [0.15, 0.2) is 0 Å². The van der Waals surface area contributed by atoms with Gasteiger partial charge in [-0.15, -0.1) is 0 Å². The molecule has 0 spiro atoms. The fourth-order valence-electron chi connectivity index (χ4n) is 6.60. The van der Waals surface area contributed by atoms with Crippen molar-refractivity contribution in [3.8, 4) is 0 Å². The van der Waals surface area contributed by atoms with E-state index in [4.69, 9.17) is 43.1 Å². The van der Waals surface area contributed by atoms with Crippen LogP contribution in [0.3, 0.4) is 0 Å². The van der Waals surface area contributed by atoms with Gasteiger partial charge in [-0.05, 0) is 41.0 Å². The topological polar surface area (TPSA) is 114 Å². The van der Waals surface area contributed by atoms with E-state index in [1.54, 1.807) is 30.6 Å². The van der Waals surface area contributed by atoms with Gasteiger partial charge >= 0.3 is 0 Å². The zero-order valence-electron chi connectivity index (χ0n) is 28.2. The van der Waals surface area contributed by atoms with Gasteiger partial charge in [0, 0.05) is 115 Å². The van der Waals surface area contributed by atoms with E-state index in [2.05, 4.69) is 107 Å². The Hall–Kier alpha value is -3.49. The summed E-state index contributed by atoms with van der Waals surface area (Å²) in [6.07, 6.45) is 3.39. The van der Waals surface area contributed by atoms with Crippen molar-refractivity contribution < 1.29 is 4.39 Å². The standard InChI is InChI=1S/C36H33Cl2FI2N12/c37-31-15-26-29(20-43-31)47-36(49-33(26)44-17-22-5-7-24(39)8-6-22)51-11-14-53(41)30(21-51)25-4-2-1-3-23(25)18-45-34-27-16-32(38)42-19-28(27)46-35(48-34)50-9-12-52(40)13-10-50/h1-8,15-16,19-20,30H,9-14,17-18,21H2,(H,44,47,49)(H,45,46,48). The average molecular weight is 977 g/mol. The molecule has 2 aliphatic heterocycles. The highest BCUT2D eigenvalue weighted by Gasteiger charge is 2.30. The number of fused-ring (bicyclic) bond motifs is 2. The lowest BCUT2D eigenvalue weighted by Crippen LogP contribution is -2.45. The Bertz CT molecular complexity index is 2260. The SMILES string of the molecule is Fc1ccc(CNc2nc(N3CCN(I)C(c4ccccc4CNc4nc(N5CCN(I)CC5)nc5cnc(Cl)cc45)C3)nc3cnc(Cl)cc23)cc1. The predicted molar refractivity (Wildman–Crippen MR) is 226 cm³/mol. The summed E-state index contributed by atoms with van der Waals surface area (Å²) in [6.45, 7) is 6.75. The average Bonchev–Trinajstić information content (AvgIpc) is 3.17. The molecule has 2 saturated heterocycles. The van der Waals surface area contributed by atoms with Crippen LogP contribution in [0.25, 0.3) is 21.8 Å². The Labute approximate surface area is 343 Å². The molecular formula is C36H33Cl2FI2N12. The minimum atomic E-state index is -0.275.